The van der Waals surface area contributed by atoms with Crippen LogP contribution in [0.4, 0.5) is 5.69 Å². The Morgan fingerprint density at radius 3 is 2.79 bits per heavy atom. The third-order valence-corrected chi connectivity index (χ3v) is 4.95. The Labute approximate surface area is 166 Å². The average molecular weight is 383 g/mol. The Bertz CT molecular complexity index is 1240. The number of rotatable bonds is 5. The highest BCUT2D eigenvalue weighted by molar-refractivity contribution is 5.90. The van der Waals surface area contributed by atoms with Gasteiger partial charge in [0.1, 0.15) is 12.6 Å². The van der Waals surface area contributed by atoms with Crippen molar-refractivity contribution in [3.63, 3.8) is 0 Å². The molecular weight excluding hydrogens is 366 g/mol. The molecule has 0 bridgehead atoms. The number of hydrogen-bond acceptors (Lipinski definition) is 5. The minimum absolute atomic E-state index is 0.121. The molecule has 1 aliphatic carbocycles. The van der Waals surface area contributed by atoms with Gasteiger partial charge in [0.15, 0.2) is 5.65 Å². The molecule has 1 fully saturated rings. The molecule has 0 aliphatic heterocycles. The van der Waals surface area contributed by atoms with Crippen LogP contribution in [0.5, 0.6) is 0 Å². The summed E-state index contributed by atoms with van der Waals surface area (Å²) in [5.41, 5.74) is 4.45. The van der Waals surface area contributed by atoms with Crippen LogP contribution in [-0.2, 0) is 11.3 Å². The maximum atomic E-state index is 12.3. The SMILES string of the molecule is N#Cc1nc2cc(-c3cnn(CC(=O)Nc4ccc(C5CC5)cc4)c3)ccn2n1. The predicted octanol–water partition coefficient (Wildman–Crippen LogP) is 2.98. The number of carbonyl (C=O) groups excluding carboxylic acids is 1. The molecule has 0 unspecified atom stereocenters. The second-order valence-electron chi connectivity index (χ2n) is 7.14. The van der Waals surface area contributed by atoms with E-state index in [2.05, 4.69) is 32.6 Å². The second kappa shape index (κ2) is 6.87. The Balaban J connectivity index is 1.27. The highest BCUT2D eigenvalue weighted by Gasteiger charge is 2.23. The number of fused-ring (bicyclic) bond motifs is 1. The molecule has 1 saturated carbocycles. The van der Waals surface area contributed by atoms with Crippen molar-refractivity contribution in [1.82, 2.24) is 24.4 Å². The van der Waals surface area contributed by atoms with Gasteiger partial charge < -0.3 is 5.32 Å². The summed E-state index contributed by atoms with van der Waals surface area (Å²) in [6.07, 6.45) is 7.77. The van der Waals surface area contributed by atoms with Crippen molar-refractivity contribution in [3.8, 4) is 17.2 Å². The van der Waals surface area contributed by atoms with Gasteiger partial charge in [-0.1, -0.05) is 12.1 Å². The number of amides is 1. The lowest BCUT2D eigenvalue weighted by Gasteiger charge is -2.06. The van der Waals surface area contributed by atoms with Gasteiger partial charge in [0, 0.05) is 23.6 Å². The van der Waals surface area contributed by atoms with E-state index >= 15 is 0 Å². The Morgan fingerprint density at radius 1 is 1.21 bits per heavy atom. The molecule has 4 aromatic rings. The number of anilines is 1. The minimum atomic E-state index is -0.134. The molecule has 8 heteroatoms. The van der Waals surface area contributed by atoms with Gasteiger partial charge in [-0.15, -0.1) is 5.10 Å². The lowest BCUT2D eigenvalue weighted by atomic mass is 10.1. The molecular formula is C21H17N7O. The Kier molecular flexibility index (Phi) is 4.06. The predicted molar refractivity (Wildman–Crippen MR) is 106 cm³/mol. The van der Waals surface area contributed by atoms with E-state index in [1.54, 1.807) is 21.6 Å². The molecule has 3 heterocycles. The molecule has 142 valence electrons. The van der Waals surface area contributed by atoms with Crippen LogP contribution in [0.25, 0.3) is 16.8 Å². The maximum Gasteiger partial charge on any atom is 0.253 e. The lowest BCUT2D eigenvalue weighted by Crippen LogP contribution is -2.18. The van der Waals surface area contributed by atoms with Crippen LogP contribution in [0.1, 0.15) is 30.1 Å². The topological polar surface area (TPSA) is 101 Å². The van der Waals surface area contributed by atoms with Crippen molar-refractivity contribution in [2.45, 2.75) is 25.3 Å². The zero-order valence-corrected chi connectivity index (χ0v) is 15.5. The average Bonchev–Trinajstić information content (AvgIpc) is 3.33. The van der Waals surface area contributed by atoms with Crippen LogP contribution in [0.15, 0.2) is 55.0 Å². The van der Waals surface area contributed by atoms with Gasteiger partial charge in [0.25, 0.3) is 5.82 Å². The summed E-state index contributed by atoms with van der Waals surface area (Å²) in [5, 5.41) is 20.1. The van der Waals surface area contributed by atoms with Crippen molar-refractivity contribution in [1.29, 1.82) is 5.26 Å². The number of aromatic nitrogens is 5. The van der Waals surface area contributed by atoms with E-state index < -0.39 is 0 Å². The number of nitrogens with zero attached hydrogens (tertiary/aromatic N) is 6. The molecule has 29 heavy (non-hydrogen) atoms. The van der Waals surface area contributed by atoms with Crippen LogP contribution in [0.3, 0.4) is 0 Å². The monoisotopic (exact) mass is 383 g/mol. The highest BCUT2D eigenvalue weighted by atomic mass is 16.2. The summed E-state index contributed by atoms with van der Waals surface area (Å²) in [6, 6.07) is 13.7. The van der Waals surface area contributed by atoms with E-state index in [4.69, 9.17) is 5.26 Å². The van der Waals surface area contributed by atoms with E-state index in [9.17, 15) is 4.79 Å². The quantitative estimate of drug-likeness (QED) is 0.571. The largest absolute Gasteiger partial charge is 0.324 e. The summed E-state index contributed by atoms with van der Waals surface area (Å²) >= 11 is 0. The van der Waals surface area contributed by atoms with Crippen LogP contribution >= 0.6 is 0 Å². The Morgan fingerprint density at radius 2 is 2.03 bits per heavy atom. The van der Waals surface area contributed by atoms with Crippen LogP contribution < -0.4 is 5.32 Å². The van der Waals surface area contributed by atoms with Crippen LogP contribution in [0, 0.1) is 11.3 Å². The van der Waals surface area contributed by atoms with E-state index in [1.807, 2.05) is 36.5 Å². The highest BCUT2D eigenvalue weighted by Crippen LogP contribution is 2.40. The molecule has 3 aromatic heterocycles. The smallest absolute Gasteiger partial charge is 0.253 e. The first-order valence-corrected chi connectivity index (χ1v) is 9.37. The lowest BCUT2D eigenvalue weighted by molar-refractivity contribution is -0.116. The second-order valence-corrected chi connectivity index (χ2v) is 7.14. The number of hydrogen-bond donors (Lipinski definition) is 1. The molecule has 1 aromatic carbocycles. The zero-order chi connectivity index (χ0) is 19.8. The summed E-state index contributed by atoms with van der Waals surface area (Å²) in [6.45, 7) is 0.121. The van der Waals surface area contributed by atoms with Gasteiger partial charge in [0.2, 0.25) is 5.91 Å². The molecule has 0 radical (unpaired) electrons. The Hall–Kier alpha value is -3.99. The summed E-state index contributed by atoms with van der Waals surface area (Å²) in [5.74, 6) is 0.691. The minimum Gasteiger partial charge on any atom is -0.324 e. The molecule has 0 spiro atoms. The standard InChI is InChI=1S/C21H17N7O/c22-10-19-25-20-9-16(7-8-28(20)26-19)17-11-23-27(12-17)13-21(29)24-18-5-3-15(4-6-18)14-1-2-14/h3-9,11-12,14H,1-2,13H2,(H,24,29). The molecule has 0 atom stereocenters. The van der Waals surface area contributed by atoms with E-state index in [-0.39, 0.29) is 18.3 Å². The molecule has 1 aliphatic rings. The van der Waals surface area contributed by atoms with E-state index in [1.165, 1.54) is 18.4 Å². The fourth-order valence-corrected chi connectivity index (χ4v) is 3.31. The third kappa shape index (κ3) is 3.58. The van der Waals surface area contributed by atoms with Gasteiger partial charge in [-0.05, 0) is 54.2 Å². The van der Waals surface area contributed by atoms with Crippen LogP contribution in [-0.4, -0.2) is 30.3 Å². The first kappa shape index (κ1) is 17.1. The first-order valence-electron chi connectivity index (χ1n) is 9.37. The summed E-state index contributed by atoms with van der Waals surface area (Å²) < 4.78 is 3.15. The summed E-state index contributed by atoms with van der Waals surface area (Å²) in [4.78, 5) is 16.5. The fourth-order valence-electron chi connectivity index (χ4n) is 3.31. The number of pyridine rings is 1. The fraction of sp³-hybridized carbons (Fsp3) is 0.190. The number of nitriles is 1. The number of nitrogens with one attached hydrogen (secondary N) is 1. The van der Waals surface area contributed by atoms with Gasteiger partial charge in [0.05, 0.1) is 6.20 Å². The third-order valence-electron chi connectivity index (χ3n) is 4.95. The maximum absolute atomic E-state index is 12.3. The van der Waals surface area contributed by atoms with E-state index in [0.29, 0.717) is 11.6 Å². The first-order chi connectivity index (χ1) is 14.2. The molecule has 0 saturated heterocycles. The summed E-state index contributed by atoms with van der Waals surface area (Å²) in [7, 11) is 0. The van der Waals surface area contributed by atoms with Crippen molar-refractivity contribution < 1.29 is 4.79 Å². The van der Waals surface area contributed by atoms with Gasteiger partial charge in [-0.2, -0.15) is 15.3 Å². The van der Waals surface area contributed by atoms with Crippen LogP contribution in [0.2, 0.25) is 0 Å². The molecule has 8 nitrogen and oxygen atoms in total. The van der Waals surface area contributed by atoms with Crippen molar-refractivity contribution in [3.05, 3.63) is 66.4 Å². The van der Waals surface area contributed by atoms with Crippen molar-refractivity contribution in [2.75, 3.05) is 5.32 Å². The van der Waals surface area contributed by atoms with E-state index in [0.717, 1.165) is 16.8 Å². The van der Waals surface area contributed by atoms with Gasteiger partial charge in [-0.3, -0.25) is 9.48 Å². The number of benzene rings is 1. The normalized spacial score (nSPS) is 13.3. The molecule has 5 rings (SSSR count). The molecule has 1 N–H and O–H groups in total. The molecule has 1 amide bonds. The van der Waals surface area contributed by atoms with Gasteiger partial charge >= 0.3 is 0 Å². The van der Waals surface area contributed by atoms with Gasteiger partial charge in [-0.25, -0.2) is 4.52 Å². The zero-order valence-electron chi connectivity index (χ0n) is 15.5. The number of carbonyl (C=O) groups is 1. The van der Waals surface area contributed by atoms with Crippen molar-refractivity contribution in [2.24, 2.45) is 0 Å². The van der Waals surface area contributed by atoms with Crippen molar-refractivity contribution >= 4 is 17.2 Å².